The molecule has 0 amide bonds. The maximum absolute atomic E-state index is 4.82. The molecule has 6 heteroatoms. The van der Waals surface area contributed by atoms with Gasteiger partial charge >= 0.3 is 0 Å². The van der Waals surface area contributed by atoms with Crippen molar-refractivity contribution in [3.8, 4) is 0 Å². The molecule has 23 heavy (non-hydrogen) atoms. The summed E-state index contributed by atoms with van der Waals surface area (Å²) in [5, 5.41) is 4.65. The molecule has 1 fully saturated rings. The van der Waals surface area contributed by atoms with Crippen molar-refractivity contribution >= 4 is 41.3 Å². The zero-order valence-electron chi connectivity index (χ0n) is 15.1. The molecule has 1 aromatic heterocycles. The number of aromatic nitrogens is 1. The largest absolute Gasteiger partial charge is 0.357 e. The van der Waals surface area contributed by atoms with Gasteiger partial charge in [-0.05, 0) is 32.1 Å². The van der Waals surface area contributed by atoms with Crippen LogP contribution in [-0.2, 0) is 12.8 Å². The fraction of sp³-hybridized carbons (Fsp3) is 0.765. The molecule has 132 valence electrons. The first-order chi connectivity index (χ1) is 10.4. The van der Waals surface area contributed by atoms with E-state index in [-0.39, 0.29) is 24.0 Å². The number of hydrogen-bond acceptors (Lipinski definition) is 3. The highest BCUT2D eigenvalue weighted by molar-refractivity contribution is 14.0. The second-order valence-electron chi connectivity index (χ2n) is 6.79. The number of nitrogens with zero attached hydrogens (tertiary/aromatic N) is 3. The highest BCUT2D eigenvalue weighted by Crippen LogP contribution is 2.28. The van der Waals surface area contributed by atoms with Crippen LogP contribution in [0.2, 0.25) is 0 Å². The van der Waals surface area contributed by atoms with E-state index in [1.54, 1.807) is 0 Å². The highest BCUT2D eigenvalue weighted by Gasteiger charge is 2.30. The summed E-state index contributed by atoms with van der Waals surface area (Å²) in [5.74, 6) is 1.07. The van der Waals surface area contributed by atoms with Gasteiger partial charge < -0.3 is 10.2 Å². The number of hydrogen-bond donors (Lipinski definition) is 1. The molecule has 4 nitrogen and oxygen atoms in total. The van der Waals surface area contributed by atoms with Crippen molar-refractivity contribution < 1.29 is 0 Å². The molecular formula is C17H31IN4S. The molecule has 0 bridgehead atoms. The zero-order chi connectivity index (χ0) is 16.2. The van der Waals surface area contributed by atoms with Crippen LogP contribution in [0, 0.1) is 12.3 Å². The summed E-state index contributed by atoms with van der Waals surface area (Å²) in [6, 6.07) is 0. The van der Waals surface area contributed by atoms with Gasteiger partial charge in [0.05, 0.1) is 10.7 Å². The third kappa shape index (κ3) is 5.89. The number of likely N-dealkylation sites (tertiary alicyclic amines) is 1. The maximum atomic E-state index is 4.82. The number of aryl methyl sites for hydroxylation is 2. The lowest BCUT2D eigenvalue weighted by atomic mass is 9.93. The van der Waals surface area contributed by atoms with E-state index in [9.17, 15) is 0 Å². The van der Waals surface area contributed by atoms with Crippen LogP contribution in [0.25, 0.3) is 0 Å². The minimum Gasteiger partial charge on any atom is -0.357 e. The maximum Gasteiger partial charge on any atom is 0.193 e. The van der Waals surface area contributed by atoms with E-state index in [0.29, 0.717) is 5.41 Å². The van der Waals surface area contributed by atoms with Gasteiger partial charge in [0.25, 0.3) is 0 Å². The molecule has 1 aromatic rings. The topological polar surface area (TPSA) is 40.5 Å². The van der Waals surface area contributed by atoms with E-state index in [1.165, 1.54) is 22.0 Å². The summed E-state index contributed by atoms with van der Waals surface area (Å²) in [6.07, 6.45) is 3.21. The first-order valence-electron chi connectivity index (χ1n) is 8.43. The summed E-state index contributed by atoms with van der Waals surface area (Å²) in [4.78, 5) is 13.3. The molecule has 0 saturated carbocycles. The second kappa shape index (κ2) is 9.20. The van der Waals surface area contributed by atoms with Crippen LogP contribution in [-0.4, -0.2) is 42.0 Å². The zero-order valence-corrected chi connectivity index (χ0v) is 18.3. The van der Waals surface area contributed by atoms with Gasteiger partial charge in [0.15, 0.2) is 5.96 Å². The summed E-state index contributed by atoms with van der Waals surface area (Å²) in [7, 11) is 0. The second-order valence-corrected chi connectivity index (χ2v) is 8.07. The summed E-state index contributed by atoms with van der Waals surface area (Å²) in [6.45, 7) is 15.1. The van der Waals surface area contributed by atoms with E-state index in [1.807, 2.05) is 11.3 Å². The van der Waals surface area contributed by atoms with Gasteiger partial charge in [-0.25, -0.2) is 4.98 Å². The van der Waals surface area contributed by atoms with Gasteiger partial charge in [-0.3, -0.25) is 4.99 Å². The van der Waals surface area contributed by atoms with Crippen molar-refractivity contribution in [2.75, 3.05) is 26.2 Å². The number of halogens is 1. The fourth-order valence-corrected chi connectivity index (χ4v) is 3.91. The lowest BCUT2D eigenvalue weighted by molar-refractivity contribution is 0.370. The quantitative estimate of drug-likeness (QED) is 0.421. The first kappa shape index (κ1) is 20.7. The number of rotatable bonds is 5. The van der Waals surface area contributed by atoms with E-state index in [2.05, 4.69) is 44.8 Å². The molecule has 2 rings (SSSR count). The van der Waals surface area contributed by atoms with Gasteiger partial charge in [0, 0.05) is 37.5 Å². The fourth-order valence-electron chi connectivity index (χ4n) is 2.90. The molecule has 0 radical (unpaired) electrons. The summed E-state index contributed by atoms with van der Waals surface area (Å²) < 4.78 is 0. The van der Waals surface area contributed by atoms with Gasteiger partial charge in [-0.1, -0.05) is 20.8 Å². The molecule has 0 aromatic carbocycles. The lowest BCUT2D eigenvalue weighted by Crippen LogP contribution is -2.40. The van der Waals surface area contributed by atoms with Crippen LogP contribution in [0.15, 0.2) is 4.99 Å². The van der Waals surface area contributed by atoms with Crippen LogP contribution in [0.5, 0.6) is 0 Å². The third-order valence-electron chi connectivity index (χ3n) is 4.17. The Labute approximate surface area is 162 Å². The Balaban J connectivity index is 0.00000264. The van der Waals surface area contributed by atoms with Gasteiger partial charge in [0.2, 0.25) is 0 Å². The van der Waals surface area contributed by atoms with E-state index in [4.69, 9.17) is 9.98 Å². The smallest absolute Gasteiger partial charge is 0.193 e. The monoisotopic (exact) mass is 450 g/mol. The Morgan fingerprint density at radius 1 is 1.39 bits per heavy atom. The summed E-state index contributed by atoms with van der Waals surface area (Å²) in [5.41, 5.74) is 1.65. The van der Waals surface area contributed by atoms with Crippen LogP contribution in [0.1, 0.15) is 49.7 Å². The van der Waals surface area contributed by atoms with Crippen LogP contribution >= 0.6 is 35.3 Å². The van der Waals surface area contributed by atoms with Crippen molar-refractivity contribution in [2.24, 2.45) is 10.4 Å². The molecule has 0 aliphatic carbocycles. The van der Waals surface area contributed by atoms with Gasteiger partial charge in [0.1, 0.15) is 0 Å². The Bertz CT molecular complexity index is 525. The molecule has 2 heterocycles. The average Bonchev–Trinajstić information content (AvgIpc) is 3.00. The average molecular weight is 450 g/mol. The molecule has 1 N–H and O–H groups in total. The Morgan fingerprint density at radius 2 is 2.13 bits per heavy atom. The highest BCUT2D eigenvalue weighted by atomic mass is 127. The number of thiazole rings is 1. The Morgan fingerprint density at radius 3 is 2.65 bits per heavy atom. The van der Waals surface area contributed by atoms with Crippen molar-refractivity contribution in [2.45, 2.75) is 53.9 Å². The Kier molecular flexibility index (Phi) is 8.27. The van der Waals surface area contributed by atoms with Crippen molar-refractivity contribution in [1.82, 2.24) is 15.2 Å². The number of aliphatic imine (C=N–C) groups is 1. The molecule has 1 aliphatic rings. The predicted molar refractivity (Wildman–Crippen MR) is 111 cm³/mol. The Hall–Kier alpha value is -0.370. The number of guanidine groups is 1. The first-order valence-corrected chi connectivity index (χ1v) is 9.25. The van der Waals surface area contributed by atoms with Crippen LogP contribution in [0.3, 0.4) is 0 Å². The molecule has 1 saturated heterocycles. The predicted octanol–water partition coefficient (Wildman–Crippen LogP) is 3.87. The molecule has 0 atom stereocenters. The van der Waals surface area contributed by atoms with E-state index >= 15 is 0 Å². The molecule has 0 spiro atoms. The summed E-state index contributed by atoms with van der Waals surface area (Å²) >= 11 is 1.82. The van der Waals surface area contributed by atoms with E-state index < -0.39 is 0 Å². The van der Waals surface area contributed by atoms with Crippen LogP contribution < -0.4 is 5.32 Å². The van der Waals surface area contributed by atoms with Crippen molar-refractivity contribution in [3.63, 3.8) is 0 Å². The van der Waals surface area contributed by atoms with Gasteiger partial charge in [-0.15, -0.1) is 35.3 Å². The molecule has 1 aliphatic heterocycles. The van der Waals surface area contributed by atoms with Crippen molar-refractivity contribution in [1.29, 1.82) is 0 Å². The van der Waals surface area contributed by atoms with E-state index in [0.717, 1.165) is 45.0 Å². The number of nitrogens with one attached hydrogen (secondary N) is 1. The minimum absolute atomic E-state index is 0. The normalized spacial score (nSPS) is 17.3. The SMILES string of the molecule is CCNC(=NCCc1nc(CC)c(C)s1)N1CCC(C)(C)C1.I. The van der Waals surface area contributed by atoms with Crippen LogP contribution in [0.4, 0.5) is 0 Å². The standard InChI is InChI=1S/C17H30N4S.HI/c1-6-14-13(3)22-15(20-14)8-10-19-16(18-7-2)21-11-9-17(4,5)12-21;/h6-12H2,1-5H3,(H,18,19);1H. The lowest BCUT2D eigenvalue weighted by Gasteiger charge is -2.23. The molecular weight excluding hydrogens is 419 g/mol. The van der Waals surface area contributed by atoms with Crippen molar-refractivity contribution in [3.05, 3.63) is 15.6 Å². The molecule has 0 unspecified atom stereocenters. The minimum atomic E-state index is 0. The third-order valence-corrected chi connectivity index (χ3v) is 5.24. The van der Waals surface area contributed by atoms with Gasteiger partial charge in [-0.2, -0.15) is 0 Å².